The second-order valence-corrected chi connectivity index (χ2v) is 6.71. The maximum Gasteiger partial charge on any atom is 0.257 e. The Morgan fingerprint density at radius 2 is 2.18 bits per heavy atom. The van der Waals surface area contributed by atoms with E-state index in [0.29, 0.717) is 36.4 Å². The van der Waals surface area contributed by atoms with Gasteiger partial charge in [-0.05, 0) is 43.2 Å². The Bertz CT molecular complexity index is 970. The number of aromatic nitrogens is 2. The molecule has 1 fully saturated rings. The lowest BCUT2D eigenvalue weighted by Crippen LogP contribution is -2.43. The van der Waals surface area contributed by atoms with Crippen molar-refractivity contribution < 1.29 is 18.4 Å². The van der Waals surface area contributed by atoms with Crippen molar-refractivity contribution in [2.75, 3.05) is 18.4 Å². The van der Waals surface area contributed by atoms with Crippen LogP contribution in [0.4, 0.5) is 10.1 Å². The third kappa shape index (κ3) is 3.66. The first kappa shape index (κ1) is 18.0. The molecular weight excluding hydrogens is 363 g/mol. The largest absolute Gasteiger partial charge is 0.472 e. The van der Waals surface area contributed by atoms with Crippen molar-refractivity contribution in [1.82, 2.24) is 14.7 Å². The van der Waals surface area contributed by atoms with Gasteiger partial charge in [0.15, 0.2) is 5.82 Å². The van der Waals surface area contributed by atoms with Gasteiger partial charge in [-0.1, -0.05) is 0 Å². The number of nitrogens with one attached hydrogen (secondary N) is 1. The molecule has 3 heterocycles. The Balaban J connectivity index is 1.42. The van der Waals surface area contributed by atoms with Crippen molar-refractivity contribution in [3.63, 3.8) is 0 Å². The highest BCUT2D eigenvalue weighted by molar-refractivity contribution is 5.96. The molecular formula is C20H19FN4O3. The zero-order chi connectivity index (χ0) is 19.5. The van der Waals surface area contributed by atoms with E-state index >= 15 is 0 Å². The van der Waals surface area contributed by atoms with Gasteiger partial charge < -0.3 is 14.6 Å². The molecule has 1 atom stereocenters. The van der Waals surface area contributed by atoms with E-state index in [1.165, 1.54) is 23.3 Å². The minimum Gasteiger partial charge on any atom is -0.472 e. The molecule has 0 aliphatic carbocycles. The monoisotopic (exact) mass is 382 g/mol. The molecule has 1 aliphatic heterocycles. The second-order valence-electron chi connectivity index (χ2n) is 6.71. The minimum absolute atomic E-state index is 0.152. The number of hydrogen-bond acceptors (Lipinski definition) is 4. The minimum atomic E-state index is -0.484. The van der Waals surface area contributed by atoms with Crippen LogP contribution in [0.2, 0.25) is 0 Å². The summed E-state index contributed by atoms with van der Waals surface area (Å²) >= 11 is 0. The molecule has 144 valence electrons. The van der Waals surface area contributed by atoms with Crippen LogP contribution >= 0.6 is 0 Å². The van der Waals surface area contributed by atoms with Crippen molar-refractivity contribution in [2.45, 2.75) is 12.8 Å². The normalized spacial score (nSPS) is 16.8. The fourth-order valence-corrected chi connectivity index (χ4v) is 3.37. The van der Waals surface area contributed by atoms with E-state index in [0.717, 1.165) is 6.42 Å². The quantitative estimate of drug-likeness (QED) is 0.752. The van der Waals surface area contributed by atoms with Gasteiger partial charge in [-0.2, -0.15) is 5.10 Å². The van der Waals surface area contributed by atoms with Crippen LogP contribution in [0.1, 0.15) is 23.2 Å². The Kier molecular flexibility index (Phi) is 4.92. The first-order chi connectivity index (χ1) is 13.6. The Morgan fingerprint density at radius 3 is 2.89 bits per heavy atom. The van der Waals surface area contributed by atoms with Gasteiger partial charge in [0.2, 0.25) is 5.91 Å². The summed E-state index contributed by atoms with van der Waals surface area (Å²) in [7, 11) is 0. The SMILES string of the molecule is O=C(Nc1ccc(-n2cccn2)c(F)c1)[C@H]1CCCN(C(=O)c2ccoc2)C1. The number of halogens is 1. The van der Waals surface area contributed by atoms with Crippen LogP contribution in [0.25, 0.3) is 5.69 Å². The van der Waals surface area contributed by atoms with Crippen LogP contribution in [0, 0.1) is 11.7 Å². The second kappa shape index (κ2) is 7.67. The molecule has 3 aromatic rings. The number of benzene rings is 1. The number of rotatable bonds is 4. The van der Waals surface area contributed by atoms with Gasteiger partial charge >= 0.3 is 0 Å². The number of carbonyl (C=O) groups is 2. The molecule has 1 N–H and O–H groups in total. The maximum absolute atomic E-state index is 14.4. The van der Waals surface area contributed by atoms with Crippen LogP contribution in [-0.2, 0) is 4.79 Å². The molecule has 2 amide bonds. The summed E-state index contributed by atoms with van der Waals surface area (Å²) in [5, 5.41) is 6.76. The Hall–Kier alpha value is -3.42. The lowest BCUT2D eigenvalue weighted by Gasteiger charge is -2.31. The highest BCUT2D eigenvalue weighted by Gasteiger charge is 2.29. The molecule has 0 spiro atoms. The van der Waals surface area contributed by atoms with Gasteiger partial charge in [0.25, 0.3) is 5.91 Å². The van der Waals surface area contributed by atoms with Crippen LogP contribution < -0.4 is 5.32 Å². The lowest BCUT2D eigenvalue weighted by molar-refractivity contribution is -0.121. The van der Waals surface area contributed by atoms with Crippen LogP contribution in [-0.4, -0.2) is 39.6 Å². The number of furan rings is 1. The summed E-state index contributed by atoms with van der Waals surface area (Å²) in [6, 6.07) is 7.78. The summed E-state index contributed by atoms with van der Waals surface area (Å²) in [4.78, 5) is 26.8. The summed E-state index contributed by atoms with van der Waals surface area (Å²) in [5.41, 5.74) is 1.14. The summed E-state index contributed by atoms with van der Waals surface area (Å²) < 4.78 is 20.7. The molecule has 2 aromatic heterocycles. The predicted octanol–water partition coefficient (Wildman–Crippen LogP) is 3.10. The number of carbonyl (C=O) groups excluding carboxylic acids is 2. The van der Waals surface area contributed by atoms with Gasteiger partial charge in [0, 0.05) is 31.2 Å². The molecule has 0 radical (unpaired) electrons. The van der Waals surface area contributed by atoms with E-state index in [-0.39, 0.29) is 17.7 Å². The van der Waals surface area contributed by atoms with Gasteiger partial charge in [0.05, 0.1) is 17.7 Å². The van der Waals surface area contributed by atoms with Crippen LogP contribution in [0.3, 0.4) is 0 Å². The number of amides is 2. The van der Waals surface area contributed by atoms with Crippen LogP contribution in [0.5, 0.6) is 0 Å². The van der Waals surface area contributed by atoms with Crippen molar-refractivity contribution in [1.29, 1.82) is 0 Å². The fraction of sp³-hybridized carbons (Fsp3) is 0.250. The van der Waals surface area contributed by atoms with E-state index < -0.39 is 5.82 Å². The van der Waals surface area contributed by atoms with Crippen molar-refractivity contribution in [2.24, 2.45) is 5.92 Å². The topological polar surface area (TPSA) is 80.4 Å². The number of nitrogens with zero attached hydrogens (tertiary/aromatic N) is 3. The average Bonchev–Trinajstić information content (AvgIpc) is 3.42. The molecule has 1 saturated heterocycles. The van der Waals surface area contributed by atoms with E-state index in [9.17, 15) is 14.0 Å². The summed E-state index contributed by atoms with van der Waals surface area (Å²) in [5.74, 6) is -1.21. The van der Waals surface area contributed by atoms with Crippen molar-refractivity contribution in [3.8, 4) is 5.69 Å². The molecule has 0 bridgehead atoms. The fourth-order valence-electron chi connectivity index (χ4n) is 3.37. The number of piperidine rings is 1. The molecule has 7 nitrogen and oxygen atoms in total. The lowest BCUT2D eigenvalue weighted by atomic mass is 9.96. The molecule has 1 aliphatic rings. The van der Waals surface area contributed by atoms with E-state index in [2.05, 4.69) is 10.4 Å². The zero-order valence-electron chi connectivity index (χ0n) is 15.0. The number of anilines is 1. The van der Waals surface area contributed by atoms with E-state index in [4.69, 9.17) is 4.42 Å². The Labute approximate surface area is 160 Å². The predicted molar refractivity (Wildman–Crippen MR) is 99.5 cm³/mol. The molecule has 0 saturated carbocycles. The van der Waals surface area contributed by atoms with Gasteiger partial charge in [0.1, 0.15) is 12.0 Å². The third-order valence-electron chi connectivity index (χ3n) is 4.81. The van der Waals surface area contributed by atoms with Crippen molar-refractivity contribution in [3.05, 3.63) is 66.6 Å². The molecule has 8 heteroatoms. The summed E-state index contributed by atoms with van der Waals surface area (Å²) in [6.07, 6.45) is 7.46. The molecule has 0 unspecified atom stereocenters. The smallest absolute Gasteiger partial charge is 0.257 e. The van der Waals surface area contributed by atoms with E-state index in [1.807, 2.05) is 0 Å². The zero-order valence-corrected chi connectivity index (χ0v) is 15.0. The number of hydrogen-bond donors (Lipinski definition) is 1. The third-order valence-corrected chi connectivity index (χ3v) is 4.81. The van der Waals surface area contributed by atoms with Crippen LogP contribution in [0.15, 0.2) is 59.7 Å². The van der Waals surface area contributed by atoms with Gasteiger partial charge in [-0.15, -0.1) is 0 Å². The molecule has 4 rings (SSSR count). The van der Waals surface area contributed by atoms with Gasteiger partial charge in [-0.3, -0.25) is 9.59 Å². The van der Waals surface area contributed by atoms with Crippen molar-refractivity contribution >= 4 is 17.5 Å². The first-order valence-corrected chi connectivity index (χ1v) is 9.04. The highest BCUT2D eigenvalue weighted by atomic mass is 19.1. The highest BCUT2D eigenvalue weighted by Crippen LogP contribution is 2.22. The maximum atomic E-state index is 14.4. The molecule has 1 aromatic carbocycles. The summed E-state index contributed by atoms with van der Waals surface area (Å²) in [6.45, 7) is 0.921. The molecule has 28 heavy (non-hydrogen) atoms. The van der Waals surface area contributed by atoms with E-state index in [1.54, 1.807) is 41.6 Å². The first-order valence-electron chi connectivity index (χ1n) is 9.04. The Morgan fingerprint density at radius 1 is 1.29 bits per heavy atom. The standard InChI is InChI=1S/C20H19FN4O3/c21-17-11-16(4-5-18(17)25-9-2-7-22-25)23-19(26)14-3-1-8-24(12-14)20(27)15-6-10-28-13-15/h2,4-7,9-11,13-14H,1,3,8,12H2,(H,23,26)/t14-/m0/s1. The average molecular weight is 382 g/mol. The number of likely N-dealkylation sites (tertiary alicyclic amines) is 1. The van der Waals surface area contributed by atoms with Gasteiger partial charge in [-0.25, -0.2) is 9.07 Å².